The molecule has 0 spiro atoms. The van der Waals surface area contributed by atoms with Crippen LogP contribution in [0.15, 0.2) is 54.6 Å². The summed E-state index contributed by atoms with van der Waals surface area (Å²) in [6.07, 6.45) is -1.06. The van der Waals surface area contributed by atoms with Gasteiger partial charge in [-0.2, -0.15) is 0 Å². The van der Waals surface area contributed by atoms with Gasteiger partial charge >= 0.3 is 6.09 Å². The van der Waals surface area contributed by atoms with Gasteiger partial charge in [-0.3, -0.25) is 9.63 Å². The van der Waals surface area contributed by atoms with Crippen LogP contribution in [-0.2, 0) is 22.7 Å². The standard InChI is InChI=1S/C19H22N2O5/c1-21(25-2)18(22)17(20-19(23)24)12-14-8-10-16(11-9-14)26-13-15-6-4-3-5-7-15/h3-11,17,20H,12-13H2,1-2H3,(H,23,24). The van der Waals surface area contributed by atoms with Gasteiger partial charge in [0.1, 0.15) is 18.4 Å². The largest absolute Gasteiger partial charge is 0.489 e. The number of carbonyl (C=O) groups excluding carboxylic acids is 1. The number of carboxylic acid groups (broad SMARTS) is 1. The van der Waals surface area contributed by atoms with E-state index in [1.54, 1.807) is 24.3 Å². The maximum Gasteiger partial charge on any atom is 0.405 e. The van der Waals surface area contributed by atoms with E-state index in [9.17, 15) is 9.59 Å². The molecule has 2 rings (SSSR count). The van der Waals surface area contributed by atoms with Gasteiger partial charge in [0.2, 0.25) is 0 Å². The number of benzene rings is 2. The van der Waals surface area contributed by atoms with Gasteiger partial charge in [-0.25, -0.2) is 9.86 Å². The molecule has 0 radical (unpaired) electrons. The predicted octanol–water partition coefficient (Wildman–Crippen LogP) is 2.46. The van der Waals surface area contributed by atoms with Crippen molar-refractivity contribution in [2.45, 2.75) is 19.1 Å². The van der Waals surface area contributed by atoms with Crippen molar-refractivity contribution in [1.29, 1.82) is 0 Å². The van der Waals surface area contributed by atoms with Crippen LogP contribution in [0.3, 0.4) is 0 Å². The second kappa shape index (κ2) is 9.43. The highest BCUT2D eigenvalue weighted by Gasteiger charge is 2.24. The Hall–Kier alpha value is -3.06. The topological polar surface area (TPSA) is 88.1 Å². The number of carbonyl (C=O) groups is 2. The summed E-state index contributed by atoms with van der Waals surface area (Å²) in [5.41, 5.74) is 1.86. The number of nitrogens with one attached hydrogen (secondary N) is 1. The van der Waals surface area contributed by atoms with Gasteiger partial charge in [0.25, 0.3) is 5.91 Å². The summed E-state index contributed by atoms with van der Waals surface area (Å²) in [7, 11) is 2.77. The molecule has 0 heterocycles. The molecule has 2 aromatic rings. The van der Waals surface area contributed by atoms with Crippen LogP contribution in [0.2, 0.25) is 0 Å². The van der Waals surface area contributed by atoms with Crippen LogP contribution < -0.4 is 10.1 Å². The number of amides is 2. The van der Waals surface area contributed by atoms with Gasteiger partial charge in [-0.1, -0.05) is 42.5 Å². The molecule has 1 atom stereocenters. The summed E-state index contributed by atoms with van der Waals surface area (Å²) >= 11 is 0. The van der Waals surface area contributed by atoms with E-state index >= 15 is 0 Å². The maximum absolute atomic E-state index is 12.2. The molecule has 2 aromatic carbocycles. The van der Waals surface area contributed by atoms with Crippen molar-refractivity contribution in [3.8, 4) is 5.75 Å². The van der Waals surface area contributed by atoms with Crippen molar-refractivity contribution < 1.29 is 24.3 Å². The first-order chi connectivity index (χ1) is 12.5. The summed E-state index contributed by atoms with van der Waals surface area (Å²) in [5.74, 6) is 0.222. The SMILES string of the molecule is CON(C)C(=O)C(Cc1ccc(OCc2ccccc2)cc1)NC(=O)O. The Bertz CT molecular complexity index is 718. The van der Waals surface area contributed by atoms with Crippen LogP contribution in [-0.4, -0.2) is 42.4 Å². The lowest BCUT2D eigenvalue weighted by Gasteiger charge is -2.21. The molecule has 0 fully saturated rings. The van der Waals surface area contributed by atoms with Gasteiger partial charge in [-0.05, 0) is 23.3 Å². The number of hydroxylamine groups is 2. The highest BCUT2D eigenvalue weighted by atomic mass is 16.7. The van der Waals surface area contributed by atoms with Crippen molar-refractivity contribution in [3.63, 3.8) is 0 Å². The van der Waals surface area contributed by atoms with Gasteiger partial charge in [-0.15, -0.1) is 0 Å². The fourth-order valence-electron chi connectivity index (χ4n) is 2.36. The monoisotopic (exact) mass is 358 g/mol. The fourth-order valence-corrected chi connectivity index (χ4v) is 2.36. The lowest BCUT2D eigenvalue weighted by Crippen LogP contribution is -2.47. The third kappa shape index (κ3) is 5.78. The lowest BCUT2D eigenvalue weighted by molar-refractivity contribution is -0.170. The zero-order valence-corrected chi connectivity index (χ0v) is 14.7. The van der Waals surface area contributed by atoms with Gasteiger partial charge in [0, 0.05) is 13.5 Å². The minimum atomic E-state index is -1.27. The Morgan fingerprint density at radius 2 is 1.73 bits per heavy atom. The molecule has 0 aliphatic rings. The fraction of sp³-hybridized carbons (Fsp3) is 0.263. The zero-order valence-electron chi connectivity index (χ0n) is 14.7. The predicted molar refractivity (Wildman–Crippen MR) is 95.6 cm³/mol. The molecule has 0 bridgehead atoms. The summed E-state index contributed by atoms with van der Waals surface area (Å²) < 4.78 is 5.71. The van der Waals surface area contributed by atoms with Crippen molar-refractivity contribution in [2.75, 3.05) is 14.2 Å². The molecule has 1 unspecified atom stereocenters. The number of nitrogens with zero attached hydrogens (tertiary/aromatic N) is 1. The van der Waals surface area contributed by atoms with Crippen LogP contribution in [0.5, 0.6) is 5.75 Å². The van der Waals surface area contributed by atoms with E-state index in [0.717, 1.165) is 16.2 Å². The number of likely N-dealkylation sites (N-methyl/N-ethyl adjacent to an activating group) is 1. The Morgan fingerprint density at radius 1 is 1.08 bits per heavy atom. The first-order valence-electron chi connectivity index (χ1n) is 8.06. The van der Waals surface area contributed by atoms with Crippen LogP contribution in [0.4, 0.5) is 4.79 Å². The first-order valence-corrected chi connectivity index (χ1v) is 8.06. The van der Waals surface area contributed by atoms with E-state index in [4.69, 9.17) is 14.7 Å². The molecule has 7 nitrogen and oxygen atoms in total. The number of hydrogen-bond donors (Lipinski definition) is 2. The van der Waals surface area contributed by atoms with E-state index in [1.807, 2.05) is 30.3 Å². The van der Waals surface area contributed by atoms with E-state index in [-0.39, 0.29) is 6.42 Å². The van der Waals surface area contributed by atoms with Crippen LogP contribution in [0.1, 0.15) is 11.1 Å². The Balaban J connectivity index is 1.98. The Kier molecular flexibility index (Phi) is 6.99. The zero-order chi connectivity index (χ0) is 18.9. The number of rotatable bonds is 8. The summed E-state index contributed by atoms with van der Waals surface area (Å²) in [6, 6.07) is 16.1. The molecule has 2 N–H and O–H groups in total. The van der Waals surface area contributed by atoms with E-state index in [1.165, 1.54) is 14.2 Å². The molecule has 0 saturated carbocycles. The normalized spacial score (nSPS) is 11.5. The number of ether oxygens (including phenoxy) is 1. The van der Waals surface area contributed by atoms with Crippen molar-refractivity contribution >= 4 is 12.0 Å². The summed E-state index contributed by atoms with van der Waals surface area (Å²) in [4.78, 5) is 28.0. The van der Waals surface area contributed by atoms with Gasteiger partial charge in [0.05, 0.1) is 7.11 Å². The minimum absolute atomic E-state index is 0.206. The summed E-state index contributed by atoms with van der Waals surface area (Å²) in [5, 5.41) is 12.2. The van der Waals surface area contributed by atoms with Gasteiger partial charge in [0.15, 0.2) is 0 Å². The van der Waals surface area contributed by atoms with Crippen LogP contribution in [0, 0.1) is 0 Å². The highest BCUT2D eigenvalue weighted by molar-refractivity contribution is 5.84. The average Bonchev–Trinajstić information content (AvgIpc) is 2.66. The van der Waals surface area contributed by atoms with E-state index in [0.29, 0.717) is 12.4 Å². The molecule has 0 aliphatic heterocycles. The van der Waals surface area contributed by atoms with Crippen molar-refractivity contribution in [2.24, 2.45) is 0 Å². The molecule has 138 valence electrons. The molecule has 0 saturated heterocycles. The lowest BCUT2D eigenvalue weighted by atomic mass is 10.1. The van der Waals surface area contributed by atoms with Crippen LogP contribution in [0.25, 0.3) is 0 Å². The minimum Gasteiger partial charge on any atom is -0.489 e. The average molecular weight is 358 g/mol. The molecule has 26 heavy (non-hydrogen) atoms. The molecule has 0 aromatic heterocycles. The maximum atomic E-state index is 12.2. The second-order valence-corrected chi connectivity index (χ2v) is 5.64. The number of hydrogen-bond acceptors (Lipinski definition) is 4. The second-order valence-electron chi connectivity index (χ2n) is 5.64. The van der Waals surface area contributed by atoms with Gasteiger partial charge < -0.3 is 15.2 Å². The third-order valence-corrected chi connectivity index (χ3v) is 3.79. The first kappa shape index (κ1) is 19.3. The Morgan fingerprint density at radius 3 is 2.31 bits per heavy atom. The quantitative estimate of drug-likeness (QED) is 0.708. The van der Waals surface area contributed by atoms with Crippen LogP contribution >= 0.6 is 0 Å². The van der Waals surface area contributed by atoms with Crippen molar-refractivity contribution in [3.05, 3.63) is 65.7 Å². The molecule has 2 amide bonds. The third-order valence-electron chi connectivity index (χ3n) is 3.79. The van der Waals surface area contributed by atoms with E-state index in [2.05, 4.69) is 5.32 Å². The molecular formula is C19H22N2O5. The van der Waals surface area contributed by atoms with Crippen molar-refractivity contribution in [1.82, 2.24) is 10.4 Å². The Labute approximate surface area is 152 Å². The summed E-state index contributed by atoms with van der Waals surface area (Å²) in [6.45, 7) is 0.459. The molecule has 0 aliphatic carbocycles. The highest BCUT2D eigenvalue weighted by Crippen LogP contribution is 2.16. The van der Waals surface area contributed by atoms with E-state index < -0.39 is 18.0 Å². The smallest absolute Gasteiger partial charge is 0.405 e. The molecule has 7 heteroatoms. The molecular weight excluding hydrogens is 336 g/mol.